The lowest BCUT2D eigenvalue weighted by Gasteiger charge is -2.18. The SMILES string of the molecule is O=C1O[C@H]([C@@H](O)CO)C(OCc2ccccc2)=C1OCCCCCCCCCCO. The average Bonchev–Trinajstić information content (AvgIpc) is 3.09. The monoisotopic (exact) mass is 422 g/mol. The van der Waals surface area contributed by atoms with Crippen molar-refractivity contribution >= 4 is 5.97 Å². The Morgan fingerprint density at radius 1 is 0.900 bits per heavy atom. The second kappa shape index (κ2) is 14.0. The van der Waals surface area contributed by atoms with Crippen LogP contribution >= 0.6 is 0 Å². The molecule has 1 aromatic carbocycles. The highest BCUT2D eigenvalue weighted by Crippen LogP contribution is 2.28. The van der Waals surface area contributed by atoms with Gasteiger partial charge in [0.25, 0.3) is 0 Å². The van der Waals surface area contributed by atoms with Crippen LogP contribution in [-0.2, 0) is 25.6 Å². The Morgan fingerprint density at radius 3 is 2.17 bits per heavy atom. The molecule has 2 rings (SSSR count). The van der Waals surface area contributed by atoms with Crippen molar-refractivity contribution in [2.45, 2.75) is 70.2 Å². The highest BCUT2D eigenvalue weighted by molar-refractivity contribution is 5.89. The Labute approximate surface area is 178 Å². The third kappa shape index (κ3) is 7.97. The number of aliphatic hydroxyl groups excluding tert-OH is 3. The van der Waals surface area contributed by atoms with E-state index >= 15 is 0 Å². The van der Waals surface area contributed by atoms with Crippen LogP contribution in [0.5, 0.6) is 0 Å². The zero-order valence-corrected chi connectivity index (χ0v) is 17.5. The number of cyclic esters (lactones) is 1. The quantitative estimate of drug-likeness (QED) is 0.278. The Morgan fingerprint density at radius 2 is 1.53 bits per heavy atom. The fourth-order valence-electron chi connectivity index (χ4n) is 3.26. The van der Waals surface area contributed by atoms with Crippen LogP contribution in [0, 0.1) is 0 Å². The van der Waals surface area contributed by atoms with E-state index in [1.165, 1.54) is 0 Å². The van der Waals surface area contributed by atoms with Crippen LogP contribution in [0.3, 0.4) is 0 Å². The number of carbonyl (C=O) groups excluding carboxylic acids is 1. The smallest absolute Gasteiger partial charge is 0.378 e. The predicted octanol–water partition coefficient (Wildman–Crippen LogP) is 2.82. The minimum Gasteiger partial charge on any atom is -0.485 e. The van der Waals surface area contributed by atoms with Gasteiger partial charge in [-0.2, -0.15) is 0 Å². The summed E-state index contributed by atoms with van der Waals surface area (Å²) < 4.78 is 16.6. The molecule has 2 atom stereocenters. The molecular weight excluding hydrogens is 388 g/mol. The van der Waals surface area contributed by atoms with Crippen molar-refractivity contribution in [3.05, 3.63) is 47.4 Å². The van der Waals surface area contributed by atoms with Gasteiger partial charge in [0.15, 0.2) is 11.9 Å². The third-order valence-corrected chi connectivity index (χ3v) is 4.97. The van der Waals surface area contributed by atoms with E-state index in [9.17, 15) is 15.0 Å². The molecule has 3 N–H and O–H groups in total. The lowest BCUT2D eigenvalue weighted by Crippen LogP contribution is -2.32. The maximum atomic E-state index is 12.2. The summed E-state index contributed by atoms with van der Waals surface area (Å²) in [5, 5.41) is 28.0. The van der Waals surface area contributed by atoms with Gasteiger partial charge in [0.05, 0.1) is 13.2 Å². The van der Waals surface area contributed by atoms with Gasteiger partial charge in [0.1, 0.15) is 12.7 Å². The van der Waals surface area contributed by atoms with Crippen molar-refractivity contribution in [3.8, 4) is 0 Å². The summed E-state index contributed by atoms with van der Waals surface area (Å²) in [7, 11) is 0. The topological polar surface area (TPSA) is 105 Å². The van der Waals surface area contributed by atoms with Crippen LogP contribution in [0.1, 0.15) is 56.9 Å². The van der Waals surface area contributed by atoms with E-state index < -0.39 is 24.8 Å². The van der Waals surface area contributed by atoms with Gasteiger partial charge >= 0.3 is 5.97 Å². The molecule has 0 saturated carbocycles. The van der Waals surface area contributed by atoms with Crippen molar-refractivity contribution in [2.24, 2.45) is 0 Å². The van der Waals surface area contributed by atoms with Gasteiger partial charge in [-0.15, -0.1) is 0 Å². The van der Waals surface area contributed by atoms with Crippen LogP contribution in [0.4, 0.5) is 0 Å². The summed E-state index contributed by atoms with van der Waals surface area (Å²) >= 11 is 0. The fraction of sp³-hybridized carbons (Fsp3) is 0.609. The normalized spacial score (nSPS) is 17.2. The number of rotatable bonds is 16. The van der Waals surface area contributed by atoms with Crippen LogP contribution < -0.4 is 0 Å². The van der Waals surface area contributed by atoms with Crippen molar-refractivity contribution in [1.82, 2.24) is 0 Å². The van der Waals surface area contributed by atoms with Gasteiger partial charge in [0, 0.05) is 6.61 Å². The Kier molecular flexibility index (Phi) is 11.3. The first-order chi connectivity index (χ1) is 14.7. The lowest BCUT2D eigenvalue weighted by atomic mass is 10.1. The molecule has 0 bridgehead atoms. The zero-order chi connectivity index (χ0) is 21.6. The van der Waals surface area contributed by atoms with E-state index in [2.05, 4.69) is 0 Å². The van der Waals surface area contributed by atoms with E-state index in [0.717, 1.165) is 56.9 Å². The van der Waals surface area contributed by atoms with Crippen LogP contribution in [-0.4, -0.2) is 53.3 Å². The minimum absolute atomic E-state index is 0.0209. The number of hydrogen-bond acceptors (Lipinski definition) is 7. The molecule has 0 saturated heterocycles. The molecule has 0 amide bonds. The van der Waals surface area contributed by atoms with E-state index in [1.807, 2.05) is 30.3 Å². The summed E-state index contributed by atoms with van der Waals surface area (Å²) in [5.74, 6) is -0.568. The second-order valence-electron chi connectivity index (χ2n) is 7.44. The number of aliphatic hydroxyl groups is 3. The van der Waals surface area contributed by atoms with Crippen molar-refractivity contribution in [3.63, 3.8) is 0 Å². The molecule has 7 nitrogen and oxygen atoms in total. The number of unbranched alkanes of at least 4 members (excludes halogenated alkanes) is 7. The molecule has 168 valence electrons. The van der Waals surface area contributed by atoms with Gasteiger partial charge in [-0.3, -0.25) is 0 Å². The van der Waals surface area contributed by atoms with Gasteiger partial charge in [0.2, 0.25) is 5.76 Å². The first kappa shape index (κ1) is 24.2. The standard InChI is InChI=1S/C23H34O7/c24-14-10-5-3-1-2-4-6-11-15-28-22-21(20(19(26)16-25)30-23(22)27)29-17-18-12-8-7-9-13-18/h7-9,12-13,19-20,24-26H,1-6,10-11,14-17H2/t19-,20+/m0/s1. The van der Waals surface area contributed by atoms with E-state index in [0.29, 0.717) is 6.61 Å². The lowest BCUT2D eigenvalue weighted by molar-refractivity contribution is -0.148. The maximum Gasteiger partial charge on any atom is 0.378 e. The van der Waals surface area contributed by atoms with E-state index in [4.69, 9.17) is 19.3 Å². The highest BCUT2D eigenvalue weighted by Gasteiger charge is 2.41. The molecule has 1 aliphatic heterocycles. The van der Waals surface area contributed by atoms with E-state index in [-0.39, 0.29) is 24.7 Å². The summed E-state index contributed by atoms with van der Waals surface area (Å²) in [5.41, 5.74) is 0.903. The molecule has 30 heavy (non-hydrogen) atoms. The summed E-state index contributed by atoms with van der Waals surface area (Å²) in [6.07, 6.45) is 5.94. The molecule has 0 spiro atoms. The van der Waals surface area contributed by atoms with E-state index in [1.54, 1.807) is 0 Å². The van der Waals surface area contributed by atoms with Crippen LogP contribution in [0.25, 0.3) is 0 Å². The summed E-state index contributed by atoms with van der Waals surface area (Å²) in [6.45, 7) is 0.268. The molecule has 0 radical (unpaired) electrons. The maximum absolute atomic E-state index is 12.2. The fourth-order valence-corrected chi connectivity index (χ4v) is 3.26. The molecule has 1 heterocycles. The minimum atomic E-state index is -1.27. The molecule has 0 aromatic heterocycles. The summed E-state index contributed by atoms with van der Waals surface area (Å²) in [6, 6.07) is 9.44. The van der Waals surface area contributed by atoms with Crippen LogP contribution in [0.15, 0.2) is 41.9 Å². The number of carbonyl (C=O) groups is 1. The molecule has 1 aromatic rings. The molecule has 0 aliphatic carbocycles. The van der Waals surface area contributed by atoms with Crippen LogP contribution in [0.2, 0.25) is 0 Å². The molecule has 1 aliphatic rings. The number of hydrogen-bond donors (Lipinski definition) is 3. The van der Waals surface area contributed by atoms with Gasteiger partial charge in [-0.05, 0) is 18.4 Å². The Balaban J connectivity index is 1.81. The van der Waals surface area contributed by atoms with Crippen molar-refractivity contribution in [1.29, 1.82) is 0 Å². The Bertz CT molecular complexity index is 644. The van der Waals surface area contributed by atoms with Crippen molar-refractivity contribution in [2.75, 3.05) is 19.8 Å². The Hall–Kier alpha value is -2.09. The van der Waals surface area contributed by atoms with Crippen molar-refractivity contribution < 1.29 is 34.3 Å². The molecule has 0 fully saturated rings. The predicted molar refractivity (Wildman–Crippen MR) is 111 cm³/mol. The average molecular weight is 423 g/mol. The molecule has 0 unspecified atom stereocenters. The van der Waals surface area contributed by atoms with Gasteiger partial charge in [-0.25, -0.2) is 4.79 Å². The number of esters is 1. The third-order valence-electron chi connectivity index (χ3n) is 4.97. The second-order valence-corrected chi connectivity index (χ2v) is 7.44. The van der Waals surface area contributed by atoms with Gasteiger partial charge < -0.3 is 29.5 Å². The highest BCUT2D eigenvalue weighted by atomic mass is 16.6. The summed E-state index contributed by atoms with van der Waals surface area (Å²) in [4.78, 5) is 12.2. The first-order valence-corrected chi connectivity index (χ1v) is 10.8. The number of benzene rings is 1. The van der Waals surface area contributed by atoms with Gasteiger partial charge in [-0.1, -0.05) is 68.9 Å². The molecular formula is C23H34O7. The zero-order valence-electron chi connectivity index (χ0n) is 17.5. The first-order valence-electron chi connectivity index (χ1n) is 10.8. The largest absolute Gasteiger partial charge is 0.485 e. The molecule has 7 heteroatoms. The number of ether oxygens (including phenoxy) is 3.